The van der Waals surface area contributed by atoms with E-state index in [1.807, 2.05) is 0 Å². The molecule has 0 bridgehead atoms. The van der Waals surface area contributed by atoms with Gasteiger partial charge < -0.3 is 20.1 Å². The van der Waals surface area contributed by atoms with Crippen LogP contribution in [0.2, 0.25) is 0 Å². The topological polar surface area (TPSA) is 54.9 Å². The largest absolute Gasteiger partial charge is 0.381 e. The molecule has 0 spiro atoms. The van der Waals surface area contributed by atoms with Crippen molar-refractivity contribution in [1.29, 1.82) is 0 Å². The molecule has 1 aliphatic rings. The highest BCUT2D eigenvalue weighted by molar-refractivity contribution is 5.79. The lowest BCUT2D eigenvalue weighted by Crippen LogP contribution is -2.37. The standard InChI is InChI=1S/C18H29N3O2/c1-19-18(20-9-4-10-23-14-15-7-8-15)21-12-16-5-3-6-17(11-16)13-22-2/h3,5-6,11,15H,4,7-10,12-14H2,1-2H3,(H2,19,20,21). The first-order chi connectivity index (χ1) is 11.3. The molecule has 5 heteroatoms. The van der Waals surface area contributed by atoms with Crippen LogP contribution in [-0.2, 0) is 22.6 Å². The normalized spacial score (nSPS) is 14.8. The first-order valence-corrected chi connectivity index (χ1v) is 8.41. The van der Waals surface area contributed by atoms with Crippen molar-refractivity contribution in [2.24, 2.45) is 10.9 Å². The van der Waals surface area contributed by atoms with E-state index in [4.69, 9.17) is 9.47 Å². The zero-order valence-electron chi connectivity index (χ0n) is 14.3. The van der Waals surface area contributed by atoms with Gasteiger partial charge in [-0.25, -0.2) is 0 Å². The molecule has 5 nitrogen and oxygen atoms in total. The maximum Gasteiger partial charge on any atom is 0.191 e. The van der Waals surface area contributed by atoms with Gasteiger partial charge in [0.1, 0.15) is 0 Å². The van der Waals surface area contributed by atoms with Gasteiger partial charge in [0.25, 0.3) is 0 Å². The number of rotatable bonds is 10. The molecule has 0 aromatic heterocycles. The quantitative estimate of drug-likeness (QED) is 0.395. The number of ether oxygens (including phenoxy) is 2. The molecule has 1 fully saturated rings. The average molecular weight is 319 g/mol. The second-order valence-electron chi connectivity index (χ2n) is 5.98. The number of nitrogens with one attached hydrogen (secondary N) is 2. The Bertz CT molecular complexity index is 487. The van der Waals surface area contributed by atoms with Crippen molar-refractivity contribution >= 4 is 5.96 Å². The number of nitrogens with zero attached hydrogens (tertiary/aromatic N) is 1. The second kappa shape index (κ2) is 10.2. The van der Waals surface area contributed by atoms with E-state index in [9.17, 15) is 0 Å². The fourth-order valence-corrected chi connectivity index (χ4v) is 2.32. The maximum absolute atomic E-state index is 5.63. The molecular formula is C18H29N3O2. The minimum Gasteiger partial charge on any atom is -0.381 e. The molecule has 1 saturated carbocycles. The van der Waals surface area contributed by atoms with Crippen LogP contribution >= 0.6 is 0 Å². The van der Waals surface area contributed by atoms with E-state index >= 15 is 0 Å². The molecule has 2 N–H and O–H groups in total. The summed E-state index contributed by atoms with van der Waals surface area (Å²) in [6.45, 7) is 4.01. The highest BCUT2D eigenvalue weighted by atomic mass is 16.5. The van der Waals surface area contributed by atoms with Crippen LogP contribution in [0.15, 0.2) is 29.3 Å². The molecule has 0 amide bonds. The Labute approximate surface area is 139 Å². The lowest BCUT2D eigenvalue weighted by atomic mass is 10.1. The van der Waals surface area contributed by atoms with E-state index in [0.29, 0.717) is 6.61 Å². The molecule has 0 atom stereocenters. The summed E-state index contributed by atoms with van der Waals surface area (Å²) in [7, 11) is 3.51. The Hall–Kier alpha value is -1.59. The number of aliphatic imine (C=N–C) groups is 1. The monoisotopic (exact) mass is 319 g/mol. The highest BCUT2D eigenvalue weighted by Gasteiger charge is 2.20. The minimum absolute atomic E-state index is 0.641. The number of hydrogen-bond donors (Lipinski definition) is 2. The molecule has 2 rings (SSSR count). The lowest BCUT2D eigenvalue weighted by Gasteiger charge is -2.12. The van der Waals surface area contributed by atoms with Gasteiger partial charge in [-0.2, -0.15) is 0 Å². The van der Waals surface area contributed by atoms with Gasteiger partial charge in [0, 0.05) is 40.5 Å². The van der Waals surface area contributed by atoms with Gasteiger partial charge in [-0.1, -0.05) is 24.3 Å². The van der Waals surface area contributed by atoms with E-state index in [1.54, 1.807) is 14.2 Å². The van der Waals surface area contributed by atoms with E-state index < -0.39 is 0 Å². The van der Waals surface area contributed by atoms with Crippen molar-refractivity contribution in [2.45, 2.75) is 32.4 Å². The molecule has 0 unspecified atom stereocenters. The Kier molecular flexibility index (Phi) is 7.90. The molecule has 0 radical (unpaired) electrons. The second-order valence-corrected chi connectivity index (χ2v) is 5.98. The third kappa shape index (κ3) is 7.48. The van der Waals surface area contributed by atoms with E-state index in [-0.39, 0.29) is 0 Å². The Balaban J connectivity index is 1.60. The molecule has 0 saturated heterocycles. The van der Waals surface area contributed by atoms with Crippen LogP contribution in [0, 0.1) is 5.92 Å². The van der Waals surface area contributed by atoms with Crippen molar-refractivity contribution < 1.29 is 9.47 Å². The summed E-state index contributed by atoms with van der Waals surface area (Å²) in [4.78, 5) is 4.25. The van der Waals surface area contributed by atoms with Crippen LogP contribution < -0.4 is 10.6 Å². The van der Waals surface area contributed by atoms with Crippen molar-refractivity contribution in [3.8, 4) is 0 Å². The maximum atomic E-state index is 5.63. The molecule has 1 aromatic carbocycles. The van der Waals surface area contributed by atoms with Crippen LogP contribution in [-0.4, -0.2) is 39.9 Å². The lowest BCUT2D eigenvalue weighted by molar-refractivity contribution is 0.123. The predicted molar refractivity (Wildman–Crippen MR) is 93.5 cm³/mol. The van der Waals surface area contributed by atoms with Gasteiger partial charge in [0.15, 0.2) is 5.96 Å². The number of guanidine groups is 1. The molecular weight excluding hydrogens is 290 g/mol. The summed E-state index contributed by atoms with van der Waals surface area (Å²) >= 11 is 0. The predicted octanol–water partition coefficient (Wildman–Crippen LogP) is 2.31. The van der Waals surface area contributed by atoms with Gasteiger partial charge in [-0.3, -0.25) is 4.99 Å². The van der Waals surface area contributed by atoms with Crippen LogP contribution in [0.25, 0.3) is 0 Å². The molecule has 0 heterocycles. The van der Waals surface area contributed by atoms with Crippen molar-refractivity contribution in [1.82, 2.24) is 10.6 Å². The van der Waals surface area contributed by atoms with Gasteiger partial charge in [0.05, 0.1) is 6.61 Å². The fourth-order valence-electron chi connectivity index (χ4n) is 2.32. The summed E-state index contributed by atoms with van der Waals surface area (Å²) in [5, 5.41) is 6.65. The third-order valence-corrected chi connectivity index (χ3v) is 3.79. The molecule has 0 aliphatic heterocycles. The number of methoxy groups -OCH3 is 1. The summed E-state index contributed by atoms with van der Waals surface area (Å²) in [5.74, 6) is 1.66. The van der Waals surface area contributed by atoms with Gasteiger partial charge in [-0.05, 0) is 36.3 Å². The van der Waals surface area contributed by atoms with Crippen LogP contribution in [0.1, 0.15) is 30.4 Å². The first-order valence-electron chi connectivity index (χ1n) is 8.41. The Morgan fingerprint density at radius 2 is 2.09 bits per heavy atom. The molecule has 23 heavy (non-hydrogen) atoms. The number of benzene rings is 1. The summed E-state index contributed by atoms with van der Waals surface area (Å²) in [5.41, 5.74) is 2.40. The summed E-state index contributed by atoms with van der Waals surface area (Å²) < 4.78 is 10.8. The van der Waals surface area contributed by atoms with Crippen molar-refractivity contribution in [3.05, 3.63) is 35.4 Å². The van der Waals surface area contributed by atoms with Gasteiger partial charge >= 0.3 is 0 Å². The van der Waals surface area contributed by atoms with E-state index in [2.05, 4.69) is 39.9 Å². The van der Waals surface area contributed by atoms with Gasteiger partial charge in [0.2, 0.25) is 0 Å². The van der Waals surface area contributed by atoms with E-state index in [1.165, 1.54) is 24.0 Å². The minimum atomic E-state index is 0.641. The number of hydrogen-bond acceptors (Lipinski definition) is 3. The molecule has 1 aliphatic carbocycles. The summed E-state index contributed by atoms with van der Waals surface area (Å²) in [6.07, 6.45) is 3.69. The zero-order chi connectivity index (χ0) is 16.3. The zero-order valence-corrected chi connectivity index (χ0v) is 14.3. The van der Waals surface area contributed by atoms with Crippen LogP contribution in [0.3, 0.4) is 0 Å². The van der Waals surface area contributed by atoms with Crippen LogP contribution in [0.5, 0.6) is 0 Å². The third-order valence-electron chi connectivity index (χ3n) is 3.79. The van der Waals surface area contributed by atoms with Crippen molar-refractivity contribution in [3.63, 3.8) is 0 Å². The average Bonchev–Trinajstić information content (AvgIpc) is 3.38. The Morgan fingerprint density at radius 1 is 1.26 bits per heavy atom. The summed E-state index contributed by atoms with van der Waals surface area (Å²) in [6, 6.07) is 8.38. The highest BCUT2D eigenvalue weighted by Crippen LogP contribution is 2.28. The van der Waals surface area contributed by atoms with Crippen molar-refractivity contribution in [2.75, 3.05) is 33.9 Å². The first kappa shape index (κ1) is 17.8. The van der Waals surface area contributed by atoms with Gasteiger partial charge in [-0.15, -0.1) is 0 Å². The van der Waals surface area contributed by atoms with E-state index in [0.717, 1.165) is 44.6 Å². The molecule has 1 aromatic rings. The smallest absolute Gasteiger partial charge is 0.191 e. The van der Waals surface area contributed by atoms with Crippen LogP contribution in [0.4, 0.5) is 0 Å². The Morgan fingerprint density at radius 3 is 2.83 bits per heavy atom. The molecule has 128 valence electrons. The fraction of sp³-hybridized carbons (Fsp3) is 0.611. The SMILES string of the molecule is CN=C(NCCCOCC1CC1)NCc1cccc(COC)c1.